The van der Waals surface area contributed by atoms with Gasteiger partial charge < -0.3 is 15.0 Å². The number of hydrogen-bond acceptors (Lipinski definition) is 3. The van der Waals surface area contributed by atoms with Crippen molar-refractivity contribution in [3.05, 3.63) is 35.9 Å². The Balaban J connectivity index is 1.85. The molecule has 1 saturated heterocycles. The Bertz CT molecular complexity index is 552. The number of rotatable bonds is 3. The summed E-state index contributed by atoms with van der Waals surface area (Å²) in [5, 5.41) is 0. The maximum absolute atomic E-state index is 5.69. The Morgan fingerprint density at radius 3 is 2.84 bits per heavy atom. The maximum Gasteiger partial charge on any atom is 0.116 e. The summed E-state index contributed by atoms with van der Waals surface area (Å²) in [6.45, 7) is 6.37. The third kappa shape index (κ3) is 2.38. The molecule has 0 atom stereocenters. The van der Waals surface area contributed by atoms with Gasteiger partial charge in [0.1, 0.15) is 5.82 Å². The van der Waals surface area contributed by atoms with Gasteiger partial charge in [0.2, 0.25) is 0 Å². The van der Waals surface area contributed by atoms with Gasteiger partial charge in [0, 0.05) is 18.7 Å². The minimum absolute atomic E-state index is 0.589. The molecule has 2 aromatic rings. The molecule has 0 bridgehead atoms. The fraction of sp³-hybridized carbons (Fsp3) is 0.533. The average Bonchev–Trinajstić information content (AvgIpc) is 2.90. The zero-order valence-electron chi connectivity index (χ0n) is 11.5. The van der Waals surface area contributed by atoms with Gasteiger partial charge in [0.25, 0.3) is 0 Å². The van der Waals surface area contributed by atoms with Crippen molar-refractivity contribution in [2.75, 3.05) is 19.6 Å². The lowest BCUT2D eigenvalue weighted by molar-refractivity contribution is 0.219. The molecule has 2 N–H and O–H groups in total. The van der Waals surface area contributed by atoms with Crippen molar-refractivity contribution in [1.82, 2.24) is 14.3 Å². The number of aromatic nitrogens is 2. The smallest absolute Gasteiger partial charge is 0.116 e. The second-order valence-corrected chi connectivity index (χ2v) is 5.36. The molecular weight excluding hydrogens is 236 g/mol. The number of likely N-dealkylation sites (tertiary alicyclic amines) is 1. The van der Waals surface area contributed by atoms with E-state index in [1.54, 1.807) is 0 Å². The van der Waals surface area contributed by atoms with Crippen LogP contribution in [0.15, 0.2) is 24.5 Å². The van der Waals surface area contributed by atoms with Crippen molar-refractivity contribution in [2.45, 2.75) is 32.2 Å². The topological polar surface area (TPSA) is 46.6 Å². The SMILES string of the molecule is CCN1CCC(c2ncc3cc(CN)ccn23)CC1. The fourth-order valence-electron chi connectivity index (χ4n) is 3.00. The number of piperidine rings is 1. The molecule has 0 amide bonds. The van der Waals surface area contributed by atoms with Crippen LogP contribution >= 0.6 is 0 Å². The average molecular weight is 258 g/mol. The van der Waals surface area contributed by atoms with Gasteiger partial charge in [-0.05, 0) is 50.2 Å². The summed E-state index contributed by atoms with van der Waals surface area (Å²) in [5.74, 6) is 1.81. The molecule has 0 unspecified atom stereocenters. The van der Waals surface area contributed by atoms with Gasteiger partial charge in [0.15, 0.2) is 0 Å². The molecule has 1 fully saturated rings. The summed E-state index contributed by atoms with van der Waals surface area (Å²) in [6.07, 6.45) is 6.52. The molecule has 0 aromatic carbocycles. The van der Waals surface area contributed by atoms with Gasteiger partial charge >= 0.3 is 0 Å². The Kier molecular flexibility index (Phi) is 3.53. The molecular formula is C15H22N4. The highest BCUT2D eigenvalue weighted by molar-refractivity contribution is 5.48. The molecule has 0 spiro atoms. The second-order valence-electron chi connectivity index (χ2n) is 5.36. The first kappa shape index (κ1) is 12.6. The third-order valence-electron chi connectivity index (χ3n) is 4.26. The van der Waals surface area contributed by atoms with Crippen LogP contribution in [-0.2, 0) is 6.54 Å². The van der Waals surface area contributed by atoms with E-state index in [2.05, 4.69) is 39.5 Å². The Hall–Kier alpha value is -1.39. The fourth-order valence-corrected chi connectivity index (χ4v) is 3.00. The predicted molar refractivity (Wildman–Crippen MR) is 77.2 cm³/mol. The quantitative estimate of drug-likeness (QED) is 0.916. The van der Waals surface area contributed by atoms with E-state index in [4.69, 9.17) is 5.73 Å². The number of imidazole rings is 1. The number of nitrogens with two attached hydrogens (primary N) is 1. The molecule has 19 heavy (non-hydrogen) atoms. The molecule has 2 aromatic heterocycles. The maximum atomic E-state index is 5.69. The Morgan fingerprint density at radius 2 is 2.16 bits per heavy atom. The van der Waals surface area contributed by atoms with Gasteiger partial charge in [-0.15, -0.1) is 0 Å². The standard InChI is InChI=1S/C15H22N4/c1-2-18-6-4-13(5-7-18)15-17-11-14-9-12(10-16)3-8-19(14)15/h3,8-9,11,13H,2,4-7,10,16H2,1H3. The third-order valence-corrected chi connectivity index (χ3v) is 4.26. The van der Waals surface area contributed by atoms with E-state index < -0.39 is 0 Å². The van der Waals surface area contributed by atoms with Crippen molar-refractivity contribution in [2.24, 2.45) is 5.73 Å². The molecule has 0 aliphatic carbocycles. The zero-order chi connectivity index (χ0) is 13.2. The highest BCUT2D eigenvalue weighted by Crippen LogP contribution is 2.27. The summed E-state index contributed by atoms with van der Waals surface area (Å²) in [6, 6.07) is 4.23. The summed E-state index contributed by atoms with van der Waals surface area (Å²) in [5.41, 5.74) is 8.02. The number of pyridine rings is 1. The minimum Gasteiger partial charge on any atom is -0.326 e. The molecule has 4 heteroatoms. The summed E-state index contributed by atoms with van der Waals surface area (Å²) >= 11 is 0. The largest absolute Gasteiger partial charge is 0.326 e. The van der Waals surface area contributed by atoms with E-state index >= 15 is 0 Å². The molecule has 0 radical (unpaired) electrons. The minimum atomic E-state index is 0.589. The molecule has 0 saturated carbocycles. The molecule has 3 heterocycles. The van der Waals surface area contributed by atoms with E-state index in [1.165, 1.54) is 37.3 Å². The van der Waals surface area contributed by atoms with Crippen LogP contribution < -0.4 is 5.73 Å². The monoisotopic (exact) mass is 258 g/mol. The van der Waals surface area contributed by atoms with Crippen LogP contribution in [0.3, 0.4) is 0 Å². The van der Waals surface area contributed by atoms with Crippen LogP contribution in [0.2, 0.25) is 0 Å². The lowest BCUT2D eigenvalue weighted by atomic mass is 9.96. The number of fused-ring (bicyclic) bond motifs is 1. The number of hydrogen-bond donors (Lipinski definition) is 1. The first-order valence-electron chi connectivity index (χ1n) is 7.20. The van der Waals surface area contributed by atoms with E-state index in [-0.39, 0.29) is 0 Å². The lowest BCUT2D eigenvalue weighted by Crippen LogP contribution is -2.33. The predicted octanol–water partition coefficient (Wildman–Crippen LogP) is 1.99. The van der Waals surface area contributed by atoms with Crippen LogP contribution in [0.25, 0.3) is 5.52 Å². The van der Waals surface area contributed by atoms with E-state index in [0.717, 1.165) is 12.1 Å². The normalized spacial score (nSPS) is 18.2. The van der Waals surface area contributed by atoms with E-state index in [9.17, 15) is 0 Å². The summed E-state index contributed by atoms with van der Waals surface area (Å²) < 4.78 is 2.23. The van der Waals surface area contributed by atoms with Gasteiger partial charge in [-0.1, -0.05) is 6.92 Å². The van der Waals surface area contributed by atoms with Crippen molar-refractivity contribution >= 4 is 5.52 Å². The van der Waals surface area contributed by atoms with Crippen LogP contribution in [-0.4, -0.2) is 33.9 Å². The highest BCUT2D eigenvalue weighted by Gasteiger charge is 2.22. The van der Waals surface area contributed by atoms with Crippen molar-refractivity contribution in [1.29, 1.82) is 0 Å². The van der Waals surface area contributed by atoms with Gasteiger partial charge in [-0.25, -0.2) is 4.98 Å². The van der Waals surface area contributed by atoms with Gasteiger partial charge in [-0.2, -0.15) is 0 Å². The van der Waals surface area contributed by atoms with Crippen molar-refractivity contribution in [3.63, 3.8) is 0 Å². The summed E-state index contributed by atoms with van der Waals surface area (Å²) in [4.78, 5) is 7.16. The van der Waals surface area contributed by atoms with Crippen LogP contribution in [0.5, 0.6) is 0 Å². The molecule has 1 aliphatic heterocycles. The molecule has 102 valence electrons. The van der Waals surface area contributed by atoms with E-state index in [1.807, 2.05) is 6.20 Å². The van der Waals surface area contributed by atoms with Crippen LogP contribution in [0.1, 0.15) is 37.1 Å². The van der Waals surface area contributed by atoms with Crippen LogP contribution in [0.4, 0.5) is 0 Å². The first-order chi connectivity index (χ1) is 9.31. The Labute approximate surface area is 114 Å². The van der Waals surface area contributed by atoms with Gasteiger partial charge in [0.05, 0.1) is 11.7 Å². The van der Waals surface area contributed by atoms with Gasteiger partial charge in [-0.3, -0.25) is 0 Å². The van der Waals surface area contributed by atoms with E-state index in [0.29, 0.717) is 12.5 Å². The van der Waals surface area contributed by atoms with Crippen molar-refractivity contribution in [3.8, 4) is 0 Å². The highest BCUT2D eigenvalue weighted by atomic mass is 15.1. The zero-order valence-corrected chi connectivity index (χ0v) is 11.5. The van der Waals surface area contributed by atoms with Crippen LogP contribution in [0, 0.1) is 0 Å². The summed E-state index contributed by atoms with van der Waals surface area (Å²) in [7, 11) is 0. The lowest BCUT2D eigenvalue weighted by Gasteiger charge is -2.30. The molecule has 3 rings (SSSR count). The van der Waals surface area contributed by atoms with Crippen molar-refractivity contribution < 1.29 is 0 Å². The number of nitrogens with zero attached hydrogens (tertiary/aromatic N) is 3. The Morgan fingerprint density at radius 1 is 1.37 bits per heavy atom. The molecule has 1 aliphatic rings. The first-order valence-corrected chi connectivity index (χ1v) is 7.20. The molecule has 4 nitrogen and oxygen atoms in total. The second kappa shape index (κ2) is 5.31.